The molecule has 0 spiro atoms. The smallest absolute Gasteiger partial charge is 0.243 e. The van der Waals surface area contributed by atoms with Gasteiger partial charge in [0.25, 0.3) is 0 Å². The van der Waals surface area contributed by atoms with Crippen LogP contribution >= 0.6 is 27.5 Å². The van der Waals surface area contributed by atoms with Crippen molar-refractivity contribution in [3.63, 3.8) is 0 Å². The standard InChI is InChI=1S/C23H22BrClN2O3S/c1-17-7-10-20(15-22(17)25)26-23(28)16-27(14-13-18-5-3-2-4-6-18)31(29,30)21-11-8-19(24)9-12-21/h2-12,15H,13-14,16H2,1H3,(H,26,28). The Hall–Kier alpha value is -2.19. The van der Waals surface area contributed by atoms with Gasteiger partial charge in [-0.05, 0) is 60.9 Å². The zero-order chi connectivity index (χ0) is 22.4. The van der Waals surface area contributed by atoms with Crippen molar-refractivity contribution in [2.24, 2.45) is 0 Å². The van der Waals surface area contributed by atoms with Crippen molar-refractivity contribution in [3.8, 4) is 0 Å². The maximum absolute atomic E-state index is 13.3. The Balaban J connectivity index is 1.81. The lowest BCUT2D eigenvalue weighted by Gasteiger charge is -2.22. The number of nitrogens with zero attached hydrogens (tertiary/aromatic N) is 1. The predicted molar refractivity (Wildman–Crippen MR) is 128 cm³/mol. The molecule has 0 atom stereocenters. The van der Waals surface area contributed by atoms with Gasteiger partial charge in [-0.15, -0.1) is 0 Å². The molecule has 0 saturated carbocycles. The van der Waals surface area contributed by atoms with Crippen molar-refractivity contribution in [2.45, 2.75) is 18.2 Å². The highest BCUT2D eigenvalue weighted by molar-refractivity contribution is 9.10. The second-order valence-electron chi connectivity index (χ2n) is 7.04. The number of benzene rings is 3. The molecule has 0 aliphatic heterocycles. The number of sulfonamides is 1. The Morgan fingerprint density at radius 2 is 1.71 bits per heavy atom. The first kappa shape index (κ1) is 23.5. The molecule has 31 heavy (non-hydrogen) atoms. The van der Waals surface area contributed by atoms with Gasteiger partial charge in [-0.2, -0.15) is 4.31 Å². The maximum atomic E-state index is 13.3. The Kier molecular flexibility index (Phi) is 7.89. The molecule has 8 heteroatoms. The summed E-state index contributed by atoms with van der Waals surface area (Å²) in [4.78, 5) is 12.8. The Morgan fingerprint density at radius 1 is 1.03 bits per heavy atom. The number of aryl methyl sites for hydroxylation is 1. The molecule has 3 aromatic rings. The highest BCUT2D eigenvalue weighted by Gasteiger charge is 2.26. The van der Waals surface area contributed by atoms with E-state index >= 15 is 0 Å². The third-order valence-electron chi connectivity index (χ3n) is 4.72. The normalized spacial score (nSPS) is 11.5. The monoisotopic (exact) mass is 520 g/mol. The van der Waals surface area contributed by atoms with Gasteiger partial charge in [-0.1, -0.05) is 63.9 Å². The minimum Gasteiger partial charge on any atom is -0.325 e. The largest absolute Gasteiger partial charge is 0.325 e. The molecule has 162 valence electrons. The van der Waals surface area contributed by atoms with Crippen molar-refractivity contribution in [2.75, 3.05) is 18.4 Å². The highest BCUT2D eigenvalue weighted by atomic mass is 79.9. The van der Waals surface area contributed by atoms with Crippen LogP contribution in [0.15, 0.2) is 82.2 Å². The van der Waals surface area contributed by atoms with Crippen molar-refractivity contribution < 1.29 is 13.2 Å². The van der Waals surface area contributed by atoms with Crippen LogP contribution in [0.5, 0.6) is 0 Å². The molecule has 3 rings (SSSR count). The number of carbonyl (C=O) groups excluding carboxylic acids is 1. The van der Waals surface area contributed by atoms with Crippen LogP contribution in [-0.4, -0.2) is 31.7 Å². The number of hydrogen-bond donors (Lipinski definition) is 1. The molecule has 1 N–H and O–H groups in total. The SMILES string of the molecule is Cc1ccc(NC(=O)CN(CCc2ccccc2)S(=O)(=O)c2ccc(Br)cc2)cc1Cl. The fourth-order valence-corrected chi connectivity index (χ4v) is 4.81. The Labute approximate surface area is 196 Å². The minimum absolute atomic E-state index is 0.134. The van der Waals surface area contributed by atoms with Gasteiger partial charge in [0, 0.05) is 21.7 Å². The average Bonchev–Trinajstić information content (AvgIpc) is 2.74. The summed E-state index contributed by atoms with van der Waals surface area (Å²) in [6.07, 6.45) is 0.486. The fourth-order valence-electron chi connectivity index (χ4n) is 2.97. The molecule has 0 fully saturated rings. The van der Waals surface area contributed by atoms with E-state index in [4.69, 9.17) is 11.6 Å². The molecule has 0 aliphatic rings. The van der Waals surface area contributed by atoms with E-state index in [2.05, 4.69) is 21.2 Å². The number of rotatable bonds is 8. The van der Waals surface area contributed by atoms with Gasteiger partial charge in [0.15, 0.2) is 0 Å². The van der Waals surface area contributed by atoms with Gasteiger partial charge in [-0.25, -0.2) is 8.42 Å². The Bertz CT molecular complexity index is 1150. The zero-order valence-electron chi connectivity index (χ0n) is 16.9. The summed E-state index contributed by atoms with van der Waals surface area (Å²) < 4.78 is 28.5. The van der Waals surface area contributed by atoms with E-state index in [0.29, 0.717) is 17.1 Å². The van der Waals surface area contributed by atoms with E-state index in [0.717, 1.165) is 15.6 Å². The number of nitrogens with one attached hydrogen (secondary N) is 1. The number of anilines is 1. The topological polar surface area (TPSA) is 66.5 Å². The first-order valence-corrected chi connectivity index (χ1v) is 12.2. The Morgan fingerprint density at radius 3 is 2.35 bits per heavy atom. The molecule has 5 nitrogen and oxygen atoms in total. The van der Waals surface area contributed by atoms with Crippen LogP contribution in [0.2, 0.25) is 5.02 Å². The van der Waals surface area contributed by atoms with Crippen LogP contribution in [0, 0.1) is 6.92 Å². The number of carbonyl (C=O) groups is 1. The van der Waals surface area contributed by atoms with E-state index in [-0.39, 0.29) is 18.0 Å². The van der Waals surface area contributed by atoms with E-state index < -0.39 is 15.9 Å². The fraction of sp³-hybridized carbons (Fsp3) is 0.174. The number of amides is 1. The molecule has 0 aliphatic carbocycles. The summed E-state index contributed by atoms with van der Waals surface area (Å²) in [5.41, 5.74) is 2.40. The first-order valence-electron chi connectivity index (χ1n) is 9.61. The second kappa shape index (κ2) is 10.4. The van der Waals surface area contributed by atoms with Crippen LogP contribution in [0.25, 0.3) is 0 Å². The molecule has 0 aromatic heterocycles. The average molecular weight is 522 g/mol. The van der Waals surface area contributed by atoms with Gasteiger partial charge in [0.05, 0.1) is 11.4 Å². The lowest BCUT2D eigenvalue weighted by atomic mass is 10.1. The van der Waals surface area contributed by atoms with Gasteiger partial charge in [0.1, 0.15) is 0 Å². The molecule has 0 unspecified atom stereocenters. The van der Waals surface area contributed by atoms with Crippen molar-refractivity contribution in [3.05, 3.63) is 93.4 Å². The van der Waals surface area contributed by atoms with Crippen LogP contribution in [0.3, 0.4) is 0 Å². The van der Waals surface area contributed by atoms with E-state index in [1.54, 1.807) is 30.3 Å². The molecule has 1 amide bonds. The van der Waals surface area contributed by atoms with Crippen molar-refractivity contribution in [1.29, 1.82) is 0 Å². The first-order chi connectivity index (χ1) is 14.8. The van der Waals surface area contributed by atoms with E-state index in [1.165, 1.54) is 16.4 Å². The summed E-state index contributed by atoms with van der Waals surface area (Å²) in [6, 6.07) is 21.1. The lowest BCUT2D eigenvalue weighted by Crippen LogP contribution is -2.39. The van der Waals surface area contributed by atoms with Crippen molar-refractivity contribution in [1.82, 2.24) is 4.31 Å². The molecule has 0 radical (unpaired) electrons. The van der Waals surface area contributed by atoms with Gasteiger partial charge < -0.3 is 5.32 Å². The summed E-state index contributed by atoms with van der Waals surface area (Å²) in [6.45, 7) is 1.73. The third-order valence-corrected chi connectivity index (χ3v) is 7.51. The van der Waals surface area contributed by atoms with E-state index in [1.807, 2.05) is 37.3 Å². The summed E-state index contributed by atoms with van der Waals surface area (Å²) >= 11 is 9.44. The van der Waals surface area contributed by atoms with Crippen LogP contribution in [0.4, 0.5) is 5.69 Å². The molecular formula is C23H22BrClN2O3S. The summed E-state index contributed by atoms with van der Waals surface area (Å²) in [7, 11) is -3.86. The molecular weight excluding hydrogens is 500 g/mol. The van der Waals surface area contributed by atoms with Crippen LogP contribution < -0.4 is 5.32 Å². The third kappa shape index (κ3) is 6.40. The van der Waals surface area contributed by atoms with Gasteiger partial charge in [-0.3, -0.25) is 4.79 Å². The quantitative estimate of drug-likeness (QED) is 0.438. The lowest BCUT2D eigenvalue weighted by molar-refractivity contribution is -0.116. The summed E-state index contributed by atoms with van der Waals surface area (Å²) in [5, 5.41) is 3.26. The molecule has 0 bridgehead atoms. The maximum Gasteiger partial charge on any atom is 0.243 e. The molecule has 3 aromatic carbocycles. The minimum atomic E-state index is -3.86. The van der Waals surface area contributed by atoms with Crippen LogP contribution in [-0.2, 0) is 21.2 Å². The van der Waals surface area contributed by atoms with Crippen molar-refractivity contribution >= 4 is 49.1 Å². The molecule has 0 heterocycles. The van der Waals surface area contributed by atoms with E-state index in [9.17, 15) is 13.2 Å². The number of hydrogen-bond acceptors (Lipinski definition) is 3. The highest BCUT2D eigenvalue weighted by Crippen LogP contribution is 2.22. The summed E-state index contributed by atoms with van der Waals surface area (Å²) in [5.74, 6) is -0.436. The number of halogens is 2. The molecule has 0 saturated heterocycles. The zero-order valence-corrected chi connectivity index (χ0v) is 20.0. The van der Waals surface area contributed by atoms with Gasteiger partial charge in [0.2, 0.25) is 15.9 Å². The second-order valence-corrected chi connectivity index (χ2v) is 10.3. The van der Waals surface area contributed by atoms with Crippen LogP contribution in [0.1, 0.15) is 11.1 Å². The van der Waals surface area contributed by atoms with Gasteiger partial charge >= 0.3 is 0 Å². The predicted octanol–water partition coefficient (Wildman–Crippen LogP) is 5.28.